The molecule has 2 heterocycles. The quantitative estimate of drug-likeness (QED) is 0.730. The zero-order valence-corrected chi connectivity index (χ0v) is 14.5. The molecule has 3 aromatic rings. The van der Waals surface area contributed by atoms with Crippen molar-refractivity contribution >= 4 is 11.7 Å². The van der Waals surface area contributed by atoms with Crippen molar-refractivity contribution in [1.29, 1.82) is 0 Å². The van der Waals surface area contributed by atoms with E-state index in [0.29, 0.717) is 23.1 Å². The normalized spacial score (nSPS) is 11.5. The Hall–Kier alpha value is -3.48. The van der Waals surface area contributed by atoms with Crippen molar-refractivity contribution in [1.82, 2.24) is 20.3 Å². The molecule has 26 heavy (non-hydrogen) atoms. The molecule has 0 aliphatic rings. The van der Waals surface area contributed by atoms with E-state index in [1.54, 1.807) is 55.8 Å². The SMILES string of the molecule is Cc1nccc(Oc2ccc(NC(=O)NC(C)c3ccncc3)cc2)n1. The summed E-state index contributed by atoms with van der Waals surface area (Å²) < 4.78 is 5.66. The second kappa shape index (κ2) is 8.06. The number of aryl methyl sites for hydroxylation is 1. The monoisotopic (exact) mass is 349 g/mol. The molecule has 0 fully saturated rings. The standard InChI is InChI=1S/C19H19N5O2/c1-13(15-7-10-20-11-8-15)22-19(25)24-16-3-5-17(6-4-16)26-18-9-12-21-14(2)23-18/h3-13H,1-2H3,(H2,22,24,25). The van der Waals surface area contributed by atoms with Crippen LogP contribution in [0.5, 0.6) is 11.6 Å². The Bertz CT molecular complexity index is 869. The van der Waals surface area contributed by atoms with Crippen LogP contribution in [0.2, 0.25) is 0 Å². The summed E-state index contributed by atoms with van der Waals surface area (Å²) in [4.78, 5) is 24.3. The number of carbonyl (C=O) groups excluding carboxylic acids is 1. The van der Waals surface area contributed by atoms with Gasteiger partial charge in [0.1, 0.15) is 11.6 Å². The van der Waals surface area contributed by atoms with Gasteiger partial charge in [-0.1, -0.05) is 0 Å². The van der Waals surface area contributed by atoms with Crippen LogP contribution in [-0.2, 0) is 0 Å². The summed E-state index contributed by atoms with van der Waals surface area (Å²) in [6.07, 6.45) is 5.04. The number of pyridine rings is 1. The Morgan fingerprint density at radius 2 is 1.77 bits per heavy atom. The first-order valence-corrected chi connectivity index (χ1v) is 8.15. The third-order valence-electron chi connectivity index (χ3n) is 3.64. The van der Waals surface area contributed by atoms with E-state index >= 15 is 0 Å². The maximum atomic E-state index is 12.1. The van der Waals surface area contributed by atoms with Crippen LogP contribution >= 0.6 is 0 Å². The molecule has 2 amide bonds. The van der Waals surface area contributed by atoms with Crippen molar-refractivity contribution < 1.29 is 9.53 Å². The van der Waals surface area contributed by atoms with Crippen molar-refractivity contribution in [3.63, 3.8) is 0 Å². The van der Waals surface area contributed by atoms with Gasteiger partial charge < -0.3 is 15.4 Å². The average Bonchev–Trinajstić information content (AvgIpc) is 2.64. The topological polar surface area (TPSA) is 89.0 Å². The summed E-state index contributed by atoms with van der Waals surface area (Å²) in [5, 5.41) is 5.68. The van der Waals surface area contributed by atoms with Gasteiger partial charge in [0.2, 0.25) is 5.88 Å². The van der Waals surface area contributed by atoms with E-state index in [1.807, 2.05) is 19.1 Å². The van der Waals surface area contributed by atoms with Gasteiger partial charge in [0.05, 0.1) is 6.04 Å². The summed E-state index contributed by atoms with van der Waals surface area (Å²) in [5.41, 5.74) is 1.65. The van der Waals surface area contributed by atoms with Gasteiger partial charge in [0, 0.05) is 30.3 Å². The van der Waals surface area contributed by atoms with Crippen molar-refractivity contribution in [2.75, 3.05) is 5.32 Å². The van der Waals surface area contributed by atoms with Gasteiger partial charge in [-0.05, 0) is 55.8 Å². The zero-order valence-electron chi connectivity index (χ0n) is 14.5. The van der Waals surface area contributed by atoms with Gasteiger partial charge in [0.25, 0.3) is 0 Å². The van der Waals surface area contributed by atoms with Gasteiger partial charge in [-0.2, -0.15) is 4.98 Å². The van der Waals surface area contributed by atoms with Gasteiger partial charge in [-0.3, -0.25) is 4.98 Å². The third kappa shape index (κ3) is 4.76. The van der Waals surface area contributed by atoms with Crippen molar-refractivity contribution in [3.05, 3.63) is 72.4 Å². The van der Waals surface area contributed by atoms with E-state index < -0.39 is 0 Å². The molecular formula is C19H19N5O2. The Morgan fingerprint density at radius 1 is 1.04 bits per heavy atom. The molecule has 0 bridgehead atoms. The fraction of sp³-hybridized carbons (Fsp3) is 0.158. The number of urea groups is 1. The number of hydrogen-bond donors (Lipinski definition) is 2. The molecular weight excluding hydrogens is 330 g/mol. The van der Waals surface area contributed by atoms with E-state index in [4.69, 9.17) is 4.74 Å². The molecule has 7 heteroatoms. The molecule has 2 N–H and O–H groups in total. The van der Waals surface area contributed by atoms with Gasteiger partial charge >= 0.3 is 6.03 Å². The Balaban J connectivity index is 1.56. The first-order chi connectivity index (χ1) is 12.6. The van der Waals surface area contributed by atoms with E-state index in [2.05, 4.69) is 25.6 Å². The summed E-state index contributed by atoms with van der Waals surface area (Å²) >= 11 is 0. The second-order valence-electron chi connectivity index (χ2n) is 5.67. The molecule has 0 aliphatic carbocycles. The molecule has 3 rings (SSSR count). The number of nitrogens with zero attached hydrogens (tertiary/aromatic N) is 3. The lowest BCUT2D eigenvalue weighted by Gasteiger charge is -2.15. The highest BCUT2D eigenvalue weighted by molar-refractivity contribution is 5.89. The smallest absolute Gasteiger partial charge is 0.319 e. The number of ether oxygens (including phenoxy) is 1. The van der Waals surface area contributed by atoms with Crippen LogP contribution in [0.1, 0.15) is 24.4 Å². The average molecular weight is 349 g/mol. The predicted molar refractivity (Wildman–Crippen MR) is 98.1 cm³/mol. The Morgan fingerprint density at radius 3 is 2.46 bits per heavy atom. The van der Waals surface area contributed by atoms with Crippen molar-refractivity contribution in [3.8, 4) is 11.6 Å². The highest BCUT2D eigenvalue weighted by Crippen LogP contribution is 2.21. The summed E-state index contributed by atoms with van der Waals surface area (Å²) in [6.45, 7) is 3.71. The molecule has 0 spiro atoms. The van der Waals surface area contributed by atoms with Crippen LogP contribution < -0.4 is 15.4 Å². The molecule has 0 saturated carbocycles. The molecule has 1 atom stereocenters. The minimum atomic E-state index is -0.283. The number of rotatable bonds is 5. The molecule has 0 saturated heterocycles. The lowest BCUT2D eigenvalue weighted by atomic mass is 10.1. The van der Waals surface area contributed by atoms with Crippen LogP contribution in [-0.4, -0.2) is 21.0 Å². The van der Waals surface area contributed by atoms with Gasteiger partial charge in [0.15, 0.2) is 0 Å². The lowest BCUT2D eigenvalue weighted by Crippen LogP contribution is -2.31. The van der Waals surface area contributed by atoms with E-state index in [-0.39, 0.29) is 12.1 Å². The Labute approximate surface area is 151 Å². The summed E-state index contributed by atoms with van der Waals surface area (Å²) in [6, 6.07) is 12.1. The molecule has 0 radical (unpaired) electrons. The number of carbonyl (C=O) groups is 1. The molecule has 1 aromatic carbocycles. The molecule has 132 valence electrons. The van der Waals surface area contributed by atoms with E-state index in [1.165, 1.54) is 0 Å². The largest absolute Gasteiger partial charge is 0.439 e. The minimum Gasteiger partial charge on any atom is -0.439 e. The molecule has 7 nitrogen and oxygen atoms in total. The first-order valence-electron chi connectivity index (χ1n) is 8.15. The highest BCUT2D eigenvalue weighted by atomic mass is 16.5. The van der Waals surface area contributed by atoms with Crippen LogP contribution in [0.4, 0.5) is 10.5 Å². The van der Waals surface area contributed by atoms with Gasteiger partial charge in [-0.25, -0.2) is 9.78 Å². The maximum absolute atomic E-state index is 12.1. The number of hydrogen-bond acceptors (Lipinski definition) is 5. The highest BCUT2D eigenvalue weighted by Gasteiger charge is 2.09. The summed E-state index contributed by atoms with van der Waals surface area (Å²) in [5.74, 6) is 1.74. The molecule has 0 aliphatic heterocycles. The predicted octanol–water partition coefficient (Wildman–Crippen LogP) is 3.86. The fourth-order valence-electron chi connectivity index (χ4n) is 2.32. The maximum Gasteiger partial charge on any atom is 0.319 e. The van der Waals surface area contributed by atoms with Crippen LogP contribution in [0, 0.1) is 6.92 Å². The first kappa shape index (κ1) is 17.3. The molecule has 2 aromatic heterocycles. The van der Waals surface area contributed by atoms with Gasteiger partial charge in [-0.15, -0.1) is 0 Å². The van der Waals surface area contributed by atoms with Crippen molar-refractivity contribution in [2.45, 2.75) is 19.9 Å². The number of aromatic nitrogens is 3. The lowest BCUT2D eigenvalue weighted by molar-refractivity contribution is 0.249. The van der Waals surface area contributed by atoms with Crippen LogP contribution in [0.15, 0.2) is 61.1 Å². The van der Waals surface area contributed by atoms with Crippen molar-refractivity contribution in [2.24, 2.45) is 0 Å². The summed E-state index contributed by atoms with van der Waals surface area (Å²) in [7, 11) is 0. The Kier molecular flexibility index (Phi) is 5.38. The number of anilines is 1. The minimum absolute atomic E-state index is 0.124. The van der Waals surface area contributed by atoms with Crippen LogP contribution in [0.25, 0.3) is 0 Å². The zero-order chi connectivity index (χ0) is 18.4. The third-order valence-corrected chi connectivity index (χ3v) is 3.64. The number of nitrogens with one attached hydrogen (secondary N) is 2. The van der Waals surface area contributed by atoms with E-state index in [0.717, 1.165) is 5.56 Å². The van der Waals surface area contributed by atoms with E-state index in [9.17, 15) is 4.79 Å². The second-order valence-corrected chi connectivity index (χ2v) is 5.67. The number of amides is 2. The van der Waals surface area contributed by atoms with Crippen LogP contribution in [0.3, 0.4) is 0 Å². The number of benzene rings is 1. The fourth-order valence-corrected chi connectivity index (χ4v) is 2.32. The molecule has 1 unspecified atom stereocenters.